The number of imidazole rings is 2. The Hall–Kier alpha value is -7.05. The molecule has 4 aromatic carbocycles. The number of fused-ring (bicyclic) bond motifs is 6. The summed E-state index contributed by atoms with van der Waals surface area (Å²) in [7, 11) is 0. The number of carbonyl (C=O) groups is 1. The first kappa shape index (κ1) is 36.9. The quantitative estimate of drug-likeness (QED) is 0.0354. The minimum atomic E-state index is -0.640. The Labute approximate surface area is 330 Å². The highest BCUT2D eigenvalue weighted by atomic mass is 17.2. The van der Waals surface area contributed by atoms with Gasteiger partial charge in [0.15, 0.2) is 12.5 Å². The van der Waals surface area contributed by atoms with Crippen molar-refractivity contribution < 1.29 is 24.0 Å². The number of hydrogen-bond donors (Lipinski definition) is 0. The van der Waals surface area contributed by atoms with Gasteiger partial charge in [-0.25, -0.2) is 9.78 Å². The Morgan fingerprint density at radius 2 is 1.25 bits per heavy atom. The van der Waals surface area contributed by atoms with Crippen molar-refractivity contribution in [2.75, 3.05) is 20.0 Å². The first-order chi connectivity index (χ1) is 27.8. The van der Waals surface area contributed by atoms with Gasteiger partial charge in [-0.3, -0.25) is 19.1 Å². The lowest BCUT2D eigenvalue weighted by Gasteiger charge is -2.13. The maximum Gasteiger partial charge on any atom is 0.361 e. The fourth-order valence-electron chi connectivity index (χ4n) is 7.30. The second-order valence-corrected chi connectivity index (χ2v) is 13.7. The van der Waals surface area contributed by atoms with Crippen molar-refractivity contribution in [1.29, 1.82) is 0 Å². The van der Waals surface area contributed by atoms with Crippen LogP contribution in [-0.4, -0.2) is 56.5 Å². The number of nitrogens with zero attached hydrogens (tertiary/aromatic N) is 6. The molecule has 11 heteroatoms. The van der Waals surface area contributed by atoms with Crippen LogP contribution in [0.4, 0.5) is 0 Å². The molecule has 2 atom stereocenters. The highest BCUT2D eigenvalue weighted by Crippen LogP contribution is 2.37. The van der Waals surface area contributed by atoms with Crippen molar-refractivity contribution in [2.45, 2.75) is 39.8 Å². The average Bonchev–Trinajstić information content (AvgIpc) is 3.81. The maximum absolute atomic E-state index is 13.4. The molecule has 0 aliphatic carbocycles. The van der Waals surface area contributed by atoms with Crippen LogP contribution in [0, 0.1) is 38.5 Å². The summed E-state index contributed by atoms with van der Waals surface area (Å²) in [5.41, 5.74) is 12.1. The van der Waals surface area contributed by atoms with E-state index in [-0.39, 0.29) is 37.6 Å². The van der Waals surface area contributed by atoms with E-state index in [1.165, 1.54) is 0 Å². The zero-order valence-corrected chi connectivity index (χ0v) is 31.9. The monoisotopic (exact) mass is 754 g/mol. The number of aliphatic imine (C=N–C) groups is 2. The van der Waals surface area contributed by atoms with Gasteiger partial charge in [0.05, 0.1) is 47.2 Å². The fourth-order valence-corrected chi connectivity index (χ4v) is 7.30. The van der Waals surface area contributed by atoms with Gasteiger partial charge in [0.2, 0.25) is 0 Å². The van der Waals surface area contributed by atoms with Crippen LogP contribution in [0.2, 0.25) is 0 Å². The van der Waals surface area contributed by atoms with E-state index in [2.05, 4.69) is 40.9 Å². The van der Waals surface area contributed by atoms with Crippen LogP contribution in [0.15, 0.2) is 108 Å². The van der Waals surface area contributed by atoms with Gasteiger partial charge in [0.25, 0.3) is 5.88 Å². The van der Waals surface area contributed by atoms with Gasteiger partial charge in [-0.1, -0.05) is 60.4 Å². The van der Waals surface area contributed by atoms with Gasteiger partial charge in [-0.05, 0) is 75.2 Å². The zero-order valence-electron chi connectivity index (χ0n) is 31.9. The van der Waals surface area contributed by atoms with E-state index in [0.717, 1.165) is 67.3 Å². The molecule has 4 heterocycles. The van der Waals surface area contributed by atoms with Gasteiger partial charge < -0.3 is 14.4 Å². The van der Waals surface area contributed by atoms with Crippen molar-refractivity contribution in [3.05, 3.63) is 159 Å². The van der Waals surface area contributed by atoms with E-state index in [4.69, 9.17) is 42.1 Å². The Morgan fingerprint density at radius 1 is 0.702 bits per heavy atom. The molecular formula is C46H38N6O5. The minimum Gasteiger partial charge on any atom is -0.434 e. The number of ether oxygens (including phenoxy) is 2. The Morgan fingerprint density at radius 3 is 1.82 bits per heavy atom. The molecule has 2 aliphatic heterocycles. The summed E-state index contributed by atoms with van der Waals surface area (Å²) < 4.78 is 14.9. The molecule has 0 spiro atoms. The number of hydrogen-bond acceptors (Lipinski definition) is 9. The predicted molar refractivity (Wildman–Crippen MR) is 216 cm³/mol. The molecular weight excluding hydrogens is 717 g/mol. The molecule has 0 radical (unpaired) electrons. The number of aromatic nitrogens is 4. The van der Waals surface area contributed by atoms with E-state index in [0.29, 0.717) is 11.4 Å². The highest BCUT2D eigenvalue weighted by Gasteiger charge is 2.31. The lowest BCUT2D eigenvalue weighted by Crippen LogP contribution is -2.15. The third-order valence-electron chi connectivity index (χ3n) is 10.1. The molecule has 282 valence electrons. The van der Waals surface area contributed by atoms with Gasteiger partial charge in [-0.2, -0.15) is 9.87 Å². The number of esters is 1. The second-order valence-electron chi connectivity index (χ2n) is 13.7. The van der Waals surface area contributed by atoms with Crippen molar-refractivity contribution in [3.63, 3.8) is 0 Å². The van der Waals surface area contributed by atoms with Gasteiger partial charge in [0.1, 0.15) is 25.0 Å². The molecule has 0 saturated heterocycles. The summed E-state index contributed by atoms with van der Waals surface area (Å²) in [5, 5.41) is 0. The second kappa shape index (κ2) is 15.6. The summed E-state index contributed by atoms with van der Waals surface area (Å²) in [5.74, 6) is 5.10. The van der Waals surface area contributed by atoms with E-state index >= 15 is 0 Å². The van der Waals surface area contributed by atoms with Gasteiger partial charge >= 0.3 is 5.97 Å². The third kappa shape index (κ3) is 6.91. The number of carbonyl (C=O) groups excluding carboxylic acids is 1. The largest absolute Gasteiger partial charge is 0.434 e. The Balaban J connectivity index is 0.925. The summed E-state index contributed by atoms with van der Waals surface area (Å²) >= 11 is 0. The van der Waals surface area contributed by atoms with Crippen LogP contribution in [0.25, 0.3) is 11.4 Å². The van der Waals surface area contributed by atoms with Crippen molar-refractivity contribution in [2.24, 2.45) is 9.98 Å². The normalized spacial score (nSPS) is 15.3. The highest BCUT2D eigenvalue weighted by molar-refractivity contribution is 6.17. The lowest BCUT2D eigenvalue weighted by molar-refractivity contribution is -0.221. The fraction of sp³-hybridized carbons (Fsp3) is 0.196. The number of aryl methyl sites for hydroxylation is 2. The van der Waals surface area contributed by atoms with Gasteiger partial charge in [0, 0.05) is 33.4 Å². The first-order valence-electron chi connectivity index (χ1n) is 18.5. The van der Waals surface area contributed by atoms with Crippen LogP contribution in [0.5, 0.6) is 5.88 Å². The predicted octanol–water partition coefficient (Wildman–Crippen LogP) is 7.60. The molecule has 2 unspecified atom stereocenters. The molecule has 0 saturated carbocycles. The molecule has 0 bridgehead atoms. The summed E-state index contributed by atoms with van der Waals surface area (Å²) in [6.07, 6.45) is 14.9. The Bertz CT molecular complexity index is 2690. The van der Waals surface area contributed by atoms with Crippen molar-refractivity contribution >= 4 is 17.4 Å². The minimum absolute atomic E-state index is 0.0296. The summed E-state index contributed by atoms with van der Waals surface area (Å²) in [4.78, 5) is 43.8. The van der Waals surface area contributed by atoms with E-state index in [9.17, 15) is 4.79 Å². The van der Waals surface area contributed by atoms with E-state index in [1.54, 1.807) is 12.7 Å². The molecule has 0 N–H and O–H groups in total. The molecule has 2 aliphatic rings. The zero-order chi connectivity index (χ0) is 39.6. The maximum atomic E-state index is 13.4. The number of rotatable bonds is 10. The van der Waals surface area contributed by atoms with E-state index < -0.39 is 12.0 Å². The van der Waals surface area contributed by atoms with Crippen molar-refractivity contribution in [1.82, 2.24) is 19.1 Å². The van der Waals surface area contributed by atoms with Crippen LogP contribution < -0.4 is 4.89 Å². The molecule has 11 nitrogen and oxygen atoms in total. The SMILES string of the molecule is C#Cc1ccc2c(c1)C(c1ccccc1C)=NC(C)c1c(OOCCOCOC(=O)c3ncn4c3C(C)N=C(c3ccccc3C)c3cc(C#C)ccc3-4)ncn1-2. The third-order valence-corrected chi connectivity index (χ3v) is 10.1. The average molecular weight is 755 g/mol. The van der Waals surface area contributed by atoms with E-state index in [1.807, 2.05) is 103 Å². The van der Waals surface area contributed by atoms with Crippen LogP contribution in [0.3, 0.4) is 0 Å². The molecule has 6 aromatic rings. The summed E-state index contributed by atoms with van der Waals surface area (Å²) in [6.45, 7) is 7.78. The molecule has 57 heavy (non-hydrogen) atoms. The van der Waals surface area contributed by atoms with Crippen LogP contribution >= 0.6 is 0 Å². The number of terminal acetylenes is 2. The topological polar surface area (TPSA) is 114 Å². The summed E-state index contributed by atoms with van der Waals surface area (Å²) in [6, 6.07) is 26.9. The smallest absolute Gasteiger partial charge is 0.361 e. The molecule has 2 aromatic heterocycles. The number of benzene rings is 4. The first-order valence-corrected chi connectivity index (χ1v) is 18.5. The lowest BCUT2D eigenvalue weighted by atomic mass is 9.95. The van der Waals surface area contributed by atoms with Crippen LogP contribution in [-0.2, 0) is 14.4 Å². The molecule has 8 rings (SSSR count). The standard InChI is InChI=1S/C46H38N6O5/c1-7-32-17-19-38-36(23-32)40(34-15-11-9-13-28(34)3)49-30(5)43-42(47-25-51(38)43)46(53)55-27-54-21-22-56-57-45-44-31(6)50-41(35-16-12-10-14-29(35)4)37-24-33(8-2)18-20-39(37)52(44)26-48-45/h1-2,9-20,23-26,30-31H,21-22,27H2,3-6H3. The molecule has 0 amide bonds. The van der Waals surface area contributed by atoms with Crippen LogP contribution in [0.1, 0.15) is 92.3 Å². The molecule has 0 fully saturated rings. The van der Waals surface area contributed by atoms with Crippen molar-refractivity contribution in [3.8, 4) is 41.9 Å². The van der Waals surface area contributed by atoms with Gasteiger partial charge in [-0.15, -0.1) is 12.8 Å². The Kier molecular flexibility index (Phi) is 10.1.